The van der Waals surface area contributed by atoms with Gasteiger partial charge in [0.05, 0.1) is 5.60 Å². The van der Waals surface area contributed by atoms with E-state index < -0.39 is 5.60 Å². The quantitative estimate of drug-likeness (QED) is 0.877. The fourth-order valence-electron chi connectivity index (χ4n) is 4.51. The number of benzene rings is 2. The van der Waals surface area contributed by atoms with Gasteiger partial charge in [-0.2, -0.15) is 0 Å². The zero-order valence-electron chi connectivity index (χ0n) is 14.7. The van der Waals surface area contributed by atoms with Crippen molar-refractivity contribution >= 4 is 0 Å². The molecule has 1 saturated heterocycles. The van der Waals surface area contributed by atoms with Crippen LogP contribution in [0.2, 0.25) is 0 Å². The van der Waals surface area contributed by atoms with Crippen LogP contribution in [0.3, 0.4) is 0 Å². The molecule has 132 valence electrons. The number of hydrogen-bond donors (Lipinski definition) is 2. The van der Waals surface area contributed by atoms with Crippen molar-refractivity contribution in [2.45, 2.75) is 50.4 Å². The van der Waals surface area contributed by atoms with Crippen LogP contribution < -0.4 is 10.1 Å². The van der Waals surface area contributed by atoms with Crippen LogP contribution >= 0.6 is 0 Å². The molecule has 25 heavy (non-hydrogen) atoms. The first-order valence-corrected chi connectivity index (χ1v) is 9.47. The average molecular weight is 337 g/mol. The van der Waals surface area contributed by atoms with Crippen molar-refractivity contribution in [3.63, 3.8) is 0 Å². The topological polar surface area (TPSA) is 41.5 Å². The second kappa shape index (κ2) is 7.19. The molecule has 3 atom stereocenters. The number of nitrogens with one attached hydrogen (secondary N) is 1. The molecule has 0 amide bonds. The van der Waals surface area contributed by atoms with E-state index in [4.69, 9.17) is 4.74 Å². The van der Waals surface area contributed by atoms with Gasteiger partial charge in [0, 0.05) is 12.0 Å². The summed E-state index contributed by atoms with van der Waals surface area (Å²) < 4.78 is 5.99. The number of piperidine rings is 1. The molecule has 0 bridgehead atoms. The van der Waals surface area contributed by atoms with E-state index in [9.17, 15) is 5.11 Å². The molecule has 2 fully saturated rings. The van der Waals surface area contributed by atoms with Gasteiger partial charge >= 0.3 is 0 Å². The highest BCUT2D eigenvalue weighted by atomic mass is 16.5. The fourth-order valence-corrected chi connectivity index (χ4v) is 4.51. The molecule has 0 unspecified atom stereocenters. The van der Waals surface area contributed by atoms with Gasteiger partial charge in [-0.05, 0) is 49.1 Å². The standard InChI is InChI=1S/C22H27NO2/c24-22-12-5-4-11-20(22)21(23-14-13-22)18-9-6-10-19(15-18)25-16-17-7-2-1-3-8-17/h1-3,6-10,15,20-21,23-24H,4-5,11-14,16H2/t20-,21+,22+/m1/s1. The highest BCUT2D eigenvalue weighted by Gasteiger charge is 2.45. The second-order valence-electron chi connectivity index (χ2n) is 7.48. The van der Waals surface area contributed by atoms with Crippen molar-refractivity contribution in [1.29, 1.82) is 0 Å². The monoisotopic (exact) mass is 337 g/mol. The molecule has 0 aromatic heterocycles. The van der Waals surface area contributed by atoms with Crippen LogP contribution in [-0.2, 0) is 6.61 Å². The van der Waals surface area contributed by atoms with Gasteiger partial charge in [-0.3, -0.25) is 0 Å². The number of aliphatic hydroxyl groups is 1. The van der Waals surface area contributed by atoms with E-state index in [0.29, 0.717) is 12.5 Å². The molecule has 2 aromatic carbocycles. The number of ether oxygens (including phenoxy) is 1. The number of fused-ring (bicyclic) bond motifs is 1. The Morgan fingerprint density at radius 2 is 1.92 bits per heavy atom. The lowest BCUT2D eigenvalue weighted by molar-refractivity contribution is -0.0861. The van der Waals surface area contributed by atoms with Gasteiger partial charge in [0.15, 0.2) is 0 Å². The molecule has 4 rings (SSSR count). The zero-order valence-corrected chi connectivity index (χ0v) is 14.7. The maximum Gasteiger partial charge on any atom is 0.120 e. The lowest BCUT2D eigenvalue weighted by Crippen LogP contribution is -2.53. The third kappa shape index (κ3) is 3.58. The Kier molecular flexibility index (Phi) is 4.78. The molecule has 1 heterocycles. The fraction of sp³-hybridized carbons (Fsp3) is 0.455. The van der Waals surface area contributed by atoms with Gasteiger partial charge in [0.1, 0.15) is 12.4 Å². The van der Waals surface area contributed by atoms with E-state index >= 15 is 0 Å². The summed E-state index contributed by atoms with van der Waals surface area (Å²) in [6, 6.07) is 18.8. The summed E-state index contributed by atoms with van der Waals surface area (Å²) in [6.45, 7) is 1.46. The Balaban J connectivity index is 1.50. The van der Waals surface area contributed by atoms with Crippen LogP contribution in [0.15, 0.2) is 54.6 Å². The lowest BCUT2D eigenvalue weighted by atomic mass is 9.67. The Labute approximate surface area is 150 Å². The van der Waals surface area contributed by atoms with Gasteiger partial charge in [0.25, 0.3) is 0 Å². The normalized spacial score (nSPS) is 29.0. The third-order valence-corrected chi connectivity index (χ3v) is 5.86. The van der Waals surface area contributed by atoms with E-state index in [0.717, 1.165) is 38.0 Å². The van der Waals surface area contributed by atoms with Crippen LogP contribution in [0.5, 0.6) is 5.75 Å². The van der Waals surface area contributed by atoms with Crippen LogP contribution in [0.25, 0.3) is 0 Å². The summed E-state index contributed by atoms with van der Waals surface area (Å²) in [7, 11) is 0. The Morgan fingerprint density at radius 1 is 1.04 bits per heavy atom. The summed E-state index contributed by atoms with van der Waals surface area (Å²) in [5, 5.41) is 14.7. The van der Waals surface area contributed by atoms with Gasteiger partial charge in [-0.25, -0.2) is 0 Å². The van der Waals surface area contributed by atoms with Crippen molar-refractivity contribution in [3.8, 4) is 5.75 Å². The number of rotatable bonds is 4. The molecule has 1 aliphatic carbocycles. The van der Waals surface area contributed by atoms with Crippen molar-refractivity contribution in [2.24, 2.45) is 5.92 Å². The van der Waals surface area contributed by atoms with Crippen LogP contribution in [0, 0.1) is 5.92 Å². The van der Waals surface area contributed by atoms with E-state index in [-0.39, 0.29) is 6.04 Å². The van der Waals surface area contributed by atoms with Crippen molar-refractivity contribution < 1.29 is 9.84 Å². The molecule has 2 aliphatic rings. The van der Waals surface area contributed by atoms with E-state index in [1.165, 1.54) is 17.5 Å². The van der Waals surface area contributed by atoms with Gasteiger partial charge < -0.3 is 15.2 Å². The SMILES string of the molecule is O[C@]12CCCC[C@@H]1[C@H](c1cccc(OCc3ccccc3)c1)NCC2. The third-order valence-electron chi connectivity index (χ3n) is 5.86. The first-order valence-electron chi connectivity index (χ1n) is 9.47. The van der Waals surface area contributed by atoms with E-state index in [2.05, 4.69) is 35.6 Å². The van der Waals surface area contributed by atoms with Crippen LogP contribution in [-0.4, -0.2) is 17.3 Å². The molecule has 0 radical (unpaired) electrons. The van der Waals surface area contributed by atoms with Gasteiger partial charge in [-0.15, -0.1) is 0 Å². The number of hydrogen-bond acceptors (Lipinski definition) is 3. The highest BCUT2D eigenvalue weighted by molar-refractivity contribution is 5.32. The molecular formula is C22H27NO2. The lowest BCUT2D eigenvalue weighted by Gasteiger charge is -2.48. The molecule has 2 N–H and O–H groups in total. The first kappa shape index (κ1) is 16.6. The maximum absolute atomic E-state index is 11.1. The van der Waals surface area contributed by atoms with Crippen LogP contribution in [0.1, 0.15) is 49.3 Å². The Morgan fingerprint density at radius 3 is 2.80 bits per heavy atom. The molecule has 3 nitrogen and oxygen atoms in total. The average Bonchev–Trinajstić information content (AvgIpc) is 2.66. The predicted octanol–water partition coefficient (Wildman–Crippen LogP) is 4.22. The van der Waals surface area contributed by atoms with Crippen molar-refractivity contribution in [1.82, 2.24) is 5.32 Å². The van der Waals surface area contributed by atoms with Crippen molar-refractivity contribution in [2.75, 3.05) is 6.54 Å². The smallest absolute Gasteiger partial charge is 0.120 e. The first-order chi connectivity index (χ1) is 12.2. The summed E-state index contributed by atoms with van der Waals surface area (Å²) in [6.07, 6.45) is 5.29. The second-order valence-corrected chi connectivity index (χ2v) is 7.48. The Bertz CT molecular complexity index is 698. The Hall–Kier alpha value is -1.84. The maximum atomic E-state index is 11.1. The summed E-state index contributed by atoms with van der Waals surface area (Å²) >= 11 is 0. The van der Waals surface area contributed by atoms with Crippen LogP contribution in [0.4, 0.5) is 0 Å². The minimum Gasteiger partial charge on any atom is -0.489 e. The highest BCUT2D eigenvalue weighted by Crippen LogP contribution is 2.45. The molecule has 0 spiro atoms. The summed E-state index contributed by atoms with van der Waals surface area (Å²) in [4.78, 5) is 0. The largest absolute Gasteiger partial charge is 0.489 e. The molecule has 2 aromatic rings. The molecule has 1 saturated carbocycles. The minimum absolute atomic E-state index is 0.222. The molecular weight excluding hydrogens is 310 g/mol. The summed E-state index contributed by atoms with van der Waals surface area (Å²) in [5.41, 5.74) is 1.91. The van der Waals surface area contributed by atoms with Crippen molar-refractivity contribution in [3.05, 3.63) is 65.7 Å². The minimum atomic E-state index is -0.491. The summed E-state index contributed by atoms with van der Waals surface area (Å²) in [5.74, 6) is 1.20. The zero-order chi connectivity index (χ0) is 17.1. The molecule has 1 aliphatic heterocycles. The predicted molar refractivity (Wildman–Crippen MR) is 99.5 cm³/mol. The van der Waals surface area contributed by atoms with Gasteiger partial charge in [-0.1, -0.05) is 55.3 Å². The van der Waals surface area contributed by atoms with E-state index in [1.807, 2.05) is 24.3 Å². The van der Waals surface area contributed by atoms with E-state index in [1.54, 1.807) is 0 Å². The molecule has 3 heteroatoms. The van der Waals surface area contributed by atoms with Gasteiger partial charge in [0.2, 0.25) is 0 Å².